The van der Waals surface area contributed by atoms with Gasteiger partial charge < -0.3 is 15.4 Å². The molecule has 112 valence electrons. The number of nitrogens with one attached hydrogen (secondary N) is 1. The van der Waals surface area contributed by atoms with Gasteiger partial charge in [0, 0.05) is 19.3 Å². The molecule has 2 heterocycles. The zero-order valence-corrected chi connectivity index (χ0v) is 12.6. The van der Waals surface area contributed by atoms with E-state index in [2.05, 4.69) is 31.4 Å². The van der Waals surface area contributed by atoms with Gasteiger partial charge in [0.2, 0.25) is 5.91 Å². The van der Waals surface area contributed by atoms with Gasteiger partial charge in [0.15, 0.2) is 0 Å². The van der Waals surface area contributed by atoms with E-state index in [1.807, 2.05) is 6.20 Å². The first-order chi connectivity index (χ1) is 10.0. The van der Waals surface area contributed by atoms with Gasteiger partial charge in [0.25, 0.3) is 0 Å². The van der Waals surface area contributed by atoms with Gasteiger partial charge in [0.05, 0.1) is 28.0 Å². The van der Waals surface area contributed by atoms with Crippen molar-refractivity contribution in [3.63, 3.8) is 0 Å². The highest BCUT2D eigenvalue weighted by atomic mass is 79.9. The summed E-state index contributed by atoms with van der Waals surface area (Å²) in [6.07, 6.45) is 5.69. The van der Waals surface area contributed by atoms with Crippen molar-refractivity contribution in [2.45, 2.75) is 19.5 Å². The SMILES string of the molecule is O=C(Cn1ccc([N+](=O)[O-])n1)NCCCn1cc(Br)cn1. The molecule has 0 aliphatic heterocycles. The minimum Gasteiger partial charge on any atom is -0.358 e. The predicted octanol–water partition coefficient (Wildman–Crippen LogP) is 0.957. The quantitative estimate of drug-likeness (QED) is 0.451. The molecule has 9 nitrogen and oxygen atoms in total. The molecule has 0 bridgehead atoms. The van der Waals surface area contributed by atoms with Crippen molar-refractivity contribution < 1.29 is 9.72 Å². The Morgan fingerprint density at radius 1 is 1.48 bits per heavy atom. The molecule has 0 spiro atoms. The molecule has 0 saturated heterocycles. The van der Waals surface area contributed by atoms with Gasteiger partial charge in [-0.3, -0.25) is 9.48 Å². The number of hydrogen-bond donors (Lipinski definition) is 1. The molecule has 0 saturated carbocycles. The van der Waals surface area contributed by atoms with E-state index < -0.39 is 4.92 Å². The molecule has 0 aliphatic carbocycles. The molecule has 0 atom stereocenters. The van der Waals surface area contributed by atoms with E-state index in [-0.39, 0.29) is 18.3 Å². The Balaban J connectivity index is 1.68. The second kappa shape index (κ2) is 6.97. The highest BCUT2D eigenvalue weighted by Crippen LogP contribution is 2.06. The Hall–Kier alpha value is -2.23. The predicted molar refractivity (Wildman–Crippen MR) is 76.4 cm³/mol. The first-order valence-electron chi connectivity index (χ1n) is 6.17. The first-order valence-corrected chi connectivity index (χ1v) is 6.96. The van der Waals surface area contributed by atoms with Crippen LogP contribution in [-0.4, -0.2) is 36.9 Å². The number of rotatable bonds is 7. The summed E-state index contributed by atoms with van der Waals surface area (Å²) in [5.41, 5.74) is 0. The molecule has 2 rings (SSSR count). The highest BCUT2D eigenvalue weighted by molar-refractivity contribution is 9.10. The maximum atomic E-state index is 11.6. The first kappa shape index (κ1) is 15.2. The maximum absolute atomic E-state index is 11.6. The summed E-state index contributed by atoms with van der Waals surface area (Å²) in [6.45, 7) is 1.15. The average molecular weight is 357 g/mol. The van der Waals surface area contributed by atoms with Gasteiger partial charge >= 0.3 is 5.82 Å². The normalized spacial score (nSPS) is 10.5. The maximum Gasteiger partial charge on any atom is 0.389 e. The zero-order valence-electron chi connectivity index (χ0n) is 11.0. The fraction of sp³-hybridized carbons (Fsp3) is 0.364. The van der Waals surface area contributed by atoms with Crippen LogP contribution in [0.15, 0.2) is 29.1 Å². The van der Waals surface area contributed by atoms with Crippen molar-refractivity contribution in [3.05, 3.63) is 39.2 Å². The Labute approximate surface area is 128 Å². The van der Waals surface area contributed by atoms with Crippen LogP contribution in [0.4, 0.5) is 5.82 Å². The minimum atomic E-state index is -0.601. The van der Waals surface area contributed by atoms with Crippen LogP contribution in [0.2, 0.25) is 0 Å². The summed E-state index contributed by atoms with van der Waals surface area (Å²) >= 11 is 3.30. The average Bonchev–Trinajstić information content (AvgIpc) is 3.04. The van der Waals surface area contributed by atoms with E-state index >= 15 is 0 Å². The molecule has 1 amide bonds. The number of carbonyl (C=O) groups excluding carboxylic acids is 1. The molecular weight excluding hydrogens is 344 g/mol. The zero-order chi connectivity index (χ0) is 15.2. The van der Waals surface area contributed by atoms with Gasteiger partial charge in [-0.25, -0.2) is 0 Å². The molecule has 0 fully saturated rings. The summed E-state index contributed by atoms with van der Waals surface area (Å²) in [7, 11) is 0. The van der Waals surface area contributed by atoms with Crippen LogP contribution in [0.25, 0.3) is 0 Å². The largest absolute Gasteiger partial charge is 0.389 e. The Morgan fingerprint density at radius 2 is 2.29 bits per heavy atom. The second-order valence-corrected chi connectivity index (χ2v) is 5.17. The van der Waals surface area contributed by atoms with Crippen LogP contribution in [0.5, 0.6) is 0 Å². The highest BCUT2D eigenvalue weighted by Gasteiger charge is 2.12. The van der Waals surface area contributed by atoms with Crippen molar-refractivity contribution in [2.75, 3.05) is 6.54 Å². The van der Waals surface area contributed by atoms with Gasteiger partial charge in [-0.2, -0.15) is 9.78 Å². The summed E-state index contributed by atoms with van der Waals surface area (Å²) < 4.78 is 3.91. The van der Waals surface area contributed by atoms with Gasteiger partial charge in [-0.1, -0.05) is 0 Å². The minimum absolute atomic E-state index is 0.0405. The van der Waals surface area contributed by atoms with Crippen LogP contribution >= 0.6 is 15.9 Å². The molecule has 0 radical (unpaired) electrons. The molecule has 1 N–H and O–H groups in total. The second-order valence-electron chi connectivity index (χ2n) is 4.25. The molecule has 10 heteroatoms. The van der Waals surface area contributed by atoms with E-state index in [4.69, 9.17) is 0 Å². The number of nitro groups is 1. The van der Waals surface area contributed by atoms with Crippen molar-refractivity contribution in [1.29, 1.82) is 0 Å². The third-order valence-corrected chi connectivity index (χ3v) is 3.02. The van der Waals surface area contributed by atoms with Crippen LogP contribution in [0, 0.1) is 10.1 Å². The van der Waals surface area contributed by atoms with Crippen molar-refractivity contribution >= 4 is 27.7 Å². The number of carbonyl (C=O) groups is 1. The van der Waals surface area contributed by atoms with Crippen LogP contribution in [-0.2, 0) is 17.9 Å². The molecular formula is C11H13BrN6O3. The Bertz CT molecular complexity index is 637. The lowest BCUT2D eigenvalue weighted by molar-refractivity contribution is -0.389. The van der Waals surface area contributed by atoms with Crippen molar-refractivity contribution in [2.24, 2.45) is 0 Å². The lowest BCUT2D eigenvalue weighted by Crippen LogP contribution is -2.29. The topological polar surface area (TPSA) is 108 Å². The van der Waals surface area contributed by atoms with E-state index in [1.165, 1.54) is 16.9 Å². The van der Waals surface area contributed by atoms with Crippen LogP contribution in [0.1, 0.15) is 6.42 Å². The third-order valence-electron chi connectivity index (χ3n) is 2.61. The molecule has 0 aromatic carbocycles. The van der Waals surface area contributed by atoms with Crippen molar-refractivity contribution in [1.82, 2.24) is 24.9 Å². The molecule has 2 aromatic rings. The van der Waals surface area contributed by atoms with E-state index in [1.54, 1.807) is 10.9 Å². The van der Waals surface area contributed by atoms with Crippen molar-refractivity contribution in [3.8, 4) is 0 Å². The standard InChI is InChI=1S/C11H13BrN6O3/c12-9-6-14-16(7-9)4-1-3-13-11(19)8-17-5-2-10(15-17)18(20)21/h2,5-7H,1,3-4,8H2,(H,13,19). The Morgan fingerprint density at radius 3 is 2.90 bits per heavy atom. The van der Waals surface area contributed by atoms with Gasteiger partial charge in [-0.15, -0.1) is 0 Å². The molecule has 2 aromatic heterocycles. The lowest BCUT2D eigenvalue weighted by atomic mass is 10.4. The number of aryl methyl sites for hydroxylation is 1. The summed E-state index contributed by atoms with van der Waals surface area (Å²) in [6, 6.07) is 1.25. The molecule has 0 unspecified atom stereocenters. The van der Waals surface area contributed by atoms with E-state index in [0.717, 1.165) is 10.9 Å². The third kappa shape index (κ3) is 4.67. The number of amides is 1. The van der Waals surface area contributed by atoms with E-state index in [0.29, 0.717) is 13.1 Å². The molecule has 0 aliphatic rings. The van der Waals surface area contributed by atoms with Gasteiger partial charge in [0.1, 0.15) is 6.54 Å². The van der Waals surface area contributed by atoms with E-state index in [9.17, 15) is 14.9 Å². The van der Waals surface area contributed by atoms with Gasteiger partial charge in [-0.05, 0) is 27.3 Å². The summed E-state index contributed by atoms with van der Waals surface area (Å²) in [4.78, 5) is 21.5. The number of hydrogen-bond acceptors (Lipinski definition) is 5. The molecule has 21 heavy (non-hydrogen) atoms. The monoisotopic (exact) mass is 356 g/mol. The number of aromatic nitrogens is 4. The fourth-order valence-corrected chi connectivity index (χ4v) is 2.00. The van der Waals surface area contributed by atoms with Crippen LogP contribution < -0.4 is 5.32 Å². The Kier molecular flexibility index (Phi) is 5.04. The summed E-state index contributed by atoms with van der Waals surface area (Å²) in [5, 5.41) is 21.0. The van der Waals surface area contributed by atoms with Crippen LogP contribution in [0.3, 0.4) is 0 Å². The number of halogens is 1. The smallest absolute Gasteiger partial charge is 0.358 e. The summed E-state index contributed by atoms with van der Waals surface area (Å²) in [5.74, 6) is -0.512. The fourth-order valence-electron chi connectivity index (χ4n) is 1.67. The number of nitrogens with zero attached hydrogens (tertiary/aromatic N) is 5. The lowest BCUT2D eigenvalue weighted by Gasteiger charge is -2.04.